The van der Waals surface area contributed by atoms with Crippen molar-refractivity contribution in [3.63, 3.8) is 0 Å². The van der Waals surface area contributed by atoms with Gasteiger partial charge in [-0.05, 0) is 36.8 Å². The molecule has 2 heteroatoms. The molecule has 0 saturated heterocycles. The second-order valence-electron chi connectivity index (χ2n) is 3.44. The molecule has 12 heavy (non-hydrogen) atoms. The molecule has 0 aromatic carbocycles. The Hall–Kier alpha value is -0.340. The van der Waals surface area contributed by atoms with E-state index in [1.54, 1.807) is 0 Å². The Morgan fingerprint density at radius 1 is 1.58 bits per heavy atom. The van der Waals surface area contributed by atoms with Crippen molar-refractivity contribution in [1.29, 1.82) is 0 Å². The van der Waals surface area contributed by atoms with Crippen LogP contribution in [0.5, 0.6) is 0 Å². The first-order chi connectivity index (χ1) is 5.85. The molecule has 1 nitrogen and oxygen atoms in total. The fourth-order valence-electron chi connectivity index (χ4n) is 1.58. The first kappa shape index (κ1) is 8.27. The molecule has 0 radical (unpaired) electrons. The predicted octanol–water partition coefficient (Wildman–Crippen LogP) is 2.41. The molecule has 0 spiro atoms. The maximum Gasteiger partial charge on any atom is 0.0465 e. The van der Waals surface area contributed by atoms with Crippen LogP contribution in [0.3, 0.4) is 0 Å². The van der Waals surface area contributed by atoms with E-state index in [1.165, 1.54) is 16.2 Å². The van der Waals surface area contributed by atoms with E-state index in [2.05, 4.69) is 19.1 Å². The number of aryl methyl sites for hydroxylation is 1. The van der Waals surface area contributed by atoms with E-state index in [0.717, 1.165) is 6.42 Å². The second-order valence-corrected chi connectivity index (χ2v) is 4.64. The van der Waals surface area contributed by atoms with Gasteiger partial charge in [0.25, 0.3) is 0 Å². The topological polar surface area (TPSA) is 20.2 Å². The maximum atomic E-state index is 8.91. The highest BCUT2D eigenvalue weighted by atomic mass is 32.1. The lowest BCUT2D eigenvalue weighted by molar-refractivity contribution is 0.274. The number of aliphatic hydroxyl groups excluding tert-OH is 1. The summed E-state index contributed by atoms with van der Waals surface area (Å²) in [6.07, 6.45) is 2.33. The SMILES string of the molecule is CCc1ccc(C2CC2CO)s1. The molecular formula is C10H14OS. The number of hydrogen-bond acceptors (Lipinski definition) is 2. The van der Waals surface area contributed by atoms with E-state index < -0.39 is 0 Å². The molecule has 1 N–H and O–H groups in total. The summed E-state index contributed by atoms with van der Waals surface area (Å²) in [6, 6.07) is 4.44. The molecule has 2 unspecified atom stereocenters. The van der Waals surface area contributed by atoms with Gasteiger partial charge in [-0.2, -0.15) is 0 Å². The van der Waals surface area contributed by atoms with Gasteiger partial charge in [0, 0.05) is 16.4 Å². The van der Waals surface area contributed by atoms with Crippen molar-refractivity contribution >= 4 is 11.3 Å². The minimum absolute atomic E-state index is 0.365. The quantitative estimate of drug-likeness (QED) is 0.761. The first-order valence-corrected chi connectivity index (χ1v) is 5.36. The summed E-state index contributed by atoms with van der Waals surface area (Å²) in [5.74, 6) is 1.24. The van der Waals surface area contributed by atoms with Crippen molar-refractivity contribution in [2.45, 2.75) is 25.7 Å². The summed E-state index contributed by atoms with van der Waals surface area (Å²) < 4.78 is 0. The van der Waals surface area contributed by atoms with Crippen LogP contribution in [0, 0.1) is 5.92 Å². The number of aliphatic hydroxyl groups is 1. The van der Waals surface area contributed by atoms with Gasteiger partial charge in [0.15, 0.2) is 0 Å². The average Bonchev–Trinajstić information content (AvgIpc) is 2.75. The van der Waals surface area contributed by atoms with Crippen LogP contribution in [0.25, 0.3) is 0 Å². The highest BCUT2D eigenvalue weighted by Crippen LogP contribution is 2.49. The molecule has 1 heterocycles. The van der Waals surface area contributed by atoms with Gasteiger partial charge in [-0.15, -0.1) is 11.3 Å². The number of rotatable bonds is 3. The smallest absolute Gasteiger partial charge is 0.0465 e. The lowest BCUT2D eigenvalue weighted by Gasteiger charge is -1.91. The molecule has 1 fully saturated rings. The summed E-state index contributed by atoms with van der Waals surface area (Å²) in [4.78, 5) is 2.94. The van der Waals surface area contributed by atoms with Gasteiger partial charge in [-0.1, -0.05) is 6.92 Å². The van der Waals surface area contributed by atoms with Crippen molar-refractivity contribution in [2.24, 2.45) is 5.92 Å². The standard InChI is InChI=1S/C10H14OS/c1-2-8-3-4-10(12-8)9-5-7(9)6-11/h3-4,7,9,11H,2,5-6H2,1H3. The van der Waals surface area contributed by atoms with Gasteiger partial charge in [-0.25, -0.2) is 0 Å². The molecular weight excluding hydrogens is 168 g/mol. The van der Waals surface area contributed by atoms with Crippen LogP contribution in [0.15, 0.2) is 12.1 Å². The van der Waals surface area contributed by atoms with Gasteiger partial charge >= 0.3 is 0 Å². The van der Waals surface area contributed by atoms with Crippen LogP contribution >= 0.6 is 11.3 Å². The van der Waals surface area contributed by atoms with Crippen molar-refractivity contribution in [1.82, 2.24) is 0 Å². The summed E-state index contributed by atoms with van der Waals surface area (Å²) in [7, 11) is 0. The third-order valence-electron chi connectivity index (χ3n) is 2.55. The molecule has 1 aromatic rings. The third-order valence-corrected chi connectivity index (χ3v) is 3.91. The molecule has 1 saturated carbocycles. The van der Waals surface area contributed by atoms with Crippen LogP contribution < -0.4 is 0 Å². The summed E-state index contributed by atoms with van der Waals surface area (Å²) in [6.45, 7) is 2.55. The average molecular weight is 182 g/mol. The van der Waals surface area contributed by atoms with Crippen LogP contribution in [0.1, 0.15) is 29.0 Å². The lowest BCUT2D eigenvalue weighted by atomic mass is 10.3. The molecule has 1 aromatic heterocycles. The molecule has 0 aliphatic heterocycles. The normalized spacial score (nSPS) is 27.5. The Bertz CT molecular complexity index is 267. The number of thiophene rings is 1. The van der Waals surface area contributed by atoms with Crippen LogP contribution in [-0.2, 0) is 6.42 Å². The van der Waals surface area contributed by atoms with E-state index in [0.29, 0.717) is 18.4 Å². The Morgan fingerprint density at radius 3 is 2.92 bits per heavy atom. The number of hydrogen-bond donors (Lipinski definition) is 1. The van der Waals surface area contributed by atoms with Crippen molar-refractivity contribution in [3.8, 4) is 0 Å². The summed E-state index contributed by atoms with van der Waals surface area (Å²) >= 11 is 1.91. The van der Waals surface area contributed by atoms with Gasteiger partial charge in [-0.3, -0.25) is 0 Å². The van der Waals surface area contributed by atoms with Crippen molar-refractivity contribution in [3.05, 3.63) is 21.9 Å². The largest absolute Gasteiger partial charge is 0.396 e. The fraction of sp³-hybridized carbons (Fsp3) is 0.600. The first-order valence-electron chi connectivity index (χ1n) is 4.54. The minimum Gasteiger partial charge on any atom is -0.396 e. The Kier molecular flexibility index (Phi) is 2.20. The van der Waals surface area contributed by atoms with Gasteiger partial charge in [0.1, 0.15) is 0 Å². The van der Waals surface area contributed by atoms with Crippen LogP contribution in [-0.4, -0.2) is 11.7 Å². The summed E-state index contributed by atoms with van der Waals surface area (Å²) in [5.41, 5.74) is 0. The monoisotopic (exact) mass is 182 g/mol. The summed E-state index contributed by atoms with van der Waals surface area (Å²) in [5, 5.41) is 8.91. The molecule has 1 aliphatic carbocycles. The highest BCUT2D eigenvalue weighted by Gasteiger charge is 2.38. The highest BCUT2D eigenvalue weighted by molar-refractivity contribution is 7.12. The van der Waals surface area contributed by atoms with Crippen molar-refractivity contribution in [2.75, 3.05) is 6.61 Å². The Labute approximate surface area is 77.0 Å². The van der Waals surface area contributed by atoms with Gasteiger partial charge < -0.3 is 5.11 Å². The Balaban J connectivity index is 2.05. The van der Waals surface area contributed by atoms with E-state index in [1.807, 2.05) is 11.3 Å². The molecule has 1 aliphatic rings. The van der Waals surface area contributed by atoms with Gasteiger partial charge in [0.2, 0.25) is 0 Å². The molecule has 2 atom stereocenters. The molecule has 0 amide bonds. The second kappa shape index (κ2) is 3.19. The Morgan fingerprint density at radius 2 is 2.42 bits per heavy atom. The molecule has 0 bridgehead atoms. The molecule has 2 rings (SSSR count). The molecule has 66 valence electrons. The zero-order valence-corrected chi connectivity index (χ0v) is 8.10. The van der Waals surface area contributed by atoms with E-state index in [9.17, 15) is 0 Å². The van der Waals surface area contributed by atoms with E-state index in [4.69, 9.17) is 5.11 Å². The zero-order chi connectivity index (χ0) is 8.55. The maximum absolute atomic E-state index is 8.91. The van der Waals surface area contributed by atoms with Gasteiger partial charge in [0.05, 0.1) is 0 Å². The lowest BCUT2D eigenvalue weighted by Crippen LogP contribution is -1.85. The zero-order valence-electron chi connectivity index (χ0n) is 7.29. The van der Waals surface area contributed by atoms with Crippen LogP contribution in [0.4, 0.5) is 0 Å². The van der Waals surface area contributed by atoms with E-state index >= 15 is 0 Å². The minimum atomic E-state index is 0.365. The van der Waals surface area contributed by atoms with Crippen LogP contribution in [0.2, 0.25) is 0 Å². The third kappa shape index (κ3) is 1.41. The predicted molar refractivity (Wildman–Crippen MR) is 51.6 cm³/mol. The fourth-order valence-corrected chi connectivity index (χ4v) is 2.74. The van der Waals surface area contributed by atoms with Crippen molar-refractivity contribution < 1.29 is 5.11 Å². The van der Waals surface area contributed by atoms with E-state index in [-0.39, 0.29) is 0 Å².